The normalized spacial score (nSPS) is 18.8. The average Bonchev–Trinajstić information content (AvgIpc) is 2.79. The van der Waals surface area contributed by atoms with Crippen LogP contribution >= 0.6 is 0 Å². The van der Waals surface area contributed by atoms with Crippen LogP contribution in [0.25, 0.3) is 0 Å². The first-order valence-corrected chi connectivity index (χ1v) is 12.0. The van der Waals surface area contributed by atoms with E-state index in [9.17, 15) is 18.0 Å². The molecular formula is C21H31N3O6S. The number of methoxy groups -OCH3 is 1. The Hall–Kier alpha value is -2.17. The first-order chi connectivity index (χ1) is 14.7. The molecule has 31 heavy (non-hydrogen) atoms. The summed E-state index contributed by atoms with van der Waals surface area (Å²) in [5, 5.41) is 2.97. The molecule has 0 aromatic heterocycles. The van der Waals surface area contributed by atoms with Crippen LogP contribution in [0, 0.1) is 5.92 Å². The van der Waals surface area contributed by atoms with Crippen molar-refractivity contribution in [3.05, 3.63) is 23.8 Å². The number of piperidine rings is 1. The van der Waals surface area contributed by atoms with Crippen LogP contribution in [-0.2, 0) is 19.6 Å². The van der Waals surface area contributed by atoms with Crippen LogP contribution in [0.15, 0.2) is 23.1 Å². The zero-order valence-corrected chi connectivity index (χ0v) is 19.1. The lowest BCUT2D eigenvalue weighted by molar-refractivity contribution is -0.135. The Morgan fingerprint density at radius 2 is 1.77 bits per heavy atom. The molecule has 2 heterocycles. The molecule has 2 aliphatic rings. The van der Waals surface area contributed by atoms with E-state index in [-0.39, 0.29) is 53.1 Å². The van der Waals surface area contributed by atoms with Crippen molar-refractivity contribution in [1.29, 1.82) is 0 Å². The van der Waals surface area contributed by atoms with Crippen molar-refractivity contribution in [2.45, 2.75) is 37.6 Å². The van der Waals surface area contributed by atoms with E-state index < -0.39 is 10.0 Å². The fourth-order valence-electron chi connectivity index (χ4n) is 3.82. The monoisotopic (exact) mass is 453 g/mol. The number of hydrogen-bond donors (Lipinski definition) is 1. The van der Waals surface area contributed by atoms with Gasteiger partial charge >= 0.3 is 0 Å². The van der Waals surface area contributed by atoms with Gasteiger partial charge in [-0.15, -0.1) is 0 Å². The molecule has 0 atom stereocenters. The molecule has 2 saturated heterocycles. The summed E-state index contributed by atoms with van der Waals surface area (Å²) >= 11 is 0. The predicted molar refractivity (Wildman–Crippen MR) is 114 cm³/mol. The minimum atomic E-state index is -3.81. The van der Waals surface area contributed by atoms with Gasteiger partial charge in [-0.3, -0.25) is 9.59 Å². The van der Waals surface area contributed by atoms with Gasteiger partial charge in [0.15, 0.2) is 0 Å². The van der Waals surface area contributed by atoms with E-state index in [1.54, 1.807) is 6.07 Å². The third kappa shape index (κ3) is 5.36. The highest BCUT2D eigenvalue weighted by Crippen LogP contribution is 2.28. The lowest BCUT2D eigenvalue weighted by Gasteiger charge is -2.33. The Bertz CT molecular complexity index is 904. The molecule has 0 radical (unpaired) electrons. The topological polar surface area (TPSA) is 105 Å². The zero-order valence-electron chi connectivity index (χ0n) is 18.3. The number of morpholine rings is 1. The first-order valence-electron chi connectivity index (χ1n) is 10.6. The second-order valence-corrected chi connectivity index (χ2v) is 10.0. The summed E-state index contributed by atoms with van der Waals surface area (Å²) in [6, 6.07) is 4.37. The van der Waals surface area contributed by atoms with Gasteiger partial charge in [0.05, 0.1) is 20.3 Å². The van der Waals surface area contributed by atoms with Gasteiger partial charge in [0, 0.05) is 43.7 Å². The molecule has 2 amide bonds. The maximum Gasteiger partial charge on any atom is 0.251 e. The molecule has 1 aromatic rings. The van der Waals surface area contributed by atoms with Crippen LogP contribution in [-0.4, -0.2) is 82.0 Å². The number of likely N-dealkylation sites (tertiary alicyclic amines) is 1. The predicted octanol–water partition coefficient (Wildman–Crippen LogP) is 1.09. The number of amides is 2. The number of nitrogens with one attached hydrogen (secondary N) is 1. The highest BCUT2D eigenvalue weighted by molar-refractivity contribution is 7.89. The molecule has 172 valence electrons. The third-order valence-corrected chi connectivity index (χ3v) is 7.57. The summed E-state index contributed by atoms with van der Waals surface area (Å²) in [4.78, 5) is 26.8. The maximum absolute atomic E-state index is 13.1. The van der Waals surface area contributed by atoms with Crippen molar-refractivity contribution in [3.63, 3.8) is 0 Å². The highest BCUT2D eigenvalue weighted by atomic mass is 32.2. The number of sulfonamides is 1. The fraction of sp³-hybridized carbons (Fsp3) is 0.619. The second-order valence-electron chi connectivity index (χ2n) is 8.11. The van der Waals surface area contributed by atoms with Gasteiger partial charge in [0.1, 0.15) is 10.6 Å². The van der Waals surface area contributed by atoms with Crippen molar-refractivity contribution in [3.8, 4) is 5.75 Å². The summed E-state index contributed by atoms with van der Waals surface area (Å²) in [5.41, 5.74) is 0.258. The second kappa shape index (κ2) is 9.97. The van der Waals surface area contributed by atoms with Gasteiger partial charge < -0.3 is 19.7 Å². The lowest BCUT2D eigenvalue weighted by Crippen LogP contribution is -2.47. The zero-order chi connectivity index (χ0) is 22.6. The number of ether oxygens (including phenoxy) is 2. The van der Waals surface area contributed by atoms with Gasteiger partial charge in [-0.2, -0.15) is 4.31 Å². The largest absolute Gasteiger partial charge is 0.495 e. The van der Waals surface area contributed by atoms with Crippen molar-refractivity contribution in [2.75, 3.05) is 46.5 Å². The molecule has 2 aliphatic heterocycles. The maximum atomic E-state index is 13.1. The molecule has 2 fully saturated rings. The molecular weight excluding hydrogens is 422 g/mol. The Morgan fingerprint density at radius 3 is 2.35 bits per heavy atom. The number of hydrogen-bond acceptors (Lipinski definition) is 6. The first kappa shape index (κ1) is 23.5. The summed E-state index contributed by atoms with van der Waals surface area (Å²) in [7, 11) is -2.41. The highest BCUT2D eigenvalue weighted by Gasteiger charge is 2.31. The third-order valence-electron chi connectivity index (χ3n) is 5.65. The molecule has 10 heteroatoms. The van der Waals surface area contributed by atoms with E-state index in [1.165, 1.54) is 23.5 Å². The van der Waals surface area contributed by atoms with E-state index in [0.29, 0.717) is 39.1 Å². The minimum absolute atomic E-state index is 0.0260. The Balaban J connectivity index is 1.71. The average molecular weight is 454 g/mol. The van der Waals surface area contributed by atoms with E-state index in [2.05, 4.69) is 5.32 Å². The molecule has 1 N–H and O–H groups in total. The van der Waals surface area contributed by atoms with Crippen LogP contribution in [0.1, 0.15) is 37.0 Å². The van der Waals surface area contributed by atoms with Crippen molar-refractivity contribution < 1.29 is 27.5 Å². The number of carbonyl (C=O) groups is 2. The molecule has 0 aliphatic carbocycles. The smallest absolute Gasteiger partial charge is 0.251 e. The van der Waals surface area contributed by atoms with Crippen LogP contribution in [0.3, 0.4) is 0 Å². The van der Waals surface area contributed by atoms with Gasteiger partial charge in [0.2, 0.25) is 15.9 Å². The molecule has 3 rings (SSSR count). The quantitative estimate of drug-likeness (QED) is 0.691. The summed E-state index contributed by atoms with van der Waals surface area (Å²) in [6.45, 7) is 6.14. The summed E-state index contributed by atoms with van der Waals surface area (Å²) in [6.07, 6.45) is 1.33. The fourth-order valence-corrected chi connectivity index (χ4v) is 5.41. The van der Waals surface area contributed by atoms with Crippen molar-refractivity contribution in [2.24, 2.45) is 5.92 Å². The minimum Gasteiger partial charge on any atom is -0.495 e. The molecule has 1 aromatic carbocycles. The van der Waals surface area contributed by atoms with Crippen molar-refractivity contribution in [1.82, 2.24) is 14.5 Å². The Labute approximate surface area is 183 Å². The SMILES string of the molecule is COc1ccc(C(=O)NC2CCN(C(=O)C(C)C)CC2)cc1S(=O)(=O)N1CCOCC1. The Morgan fingerprint density at radius 1 is 1.13 bits per heavy atom. The summed E-state index contributed by atoms with van der Waals surface area (Å²) in [5.74, 6) is -0.0616. The molecule has 9 nitrogen and oxygen atoms in total. The molecule has 0 unspecified atom stereocenters. The van der Waals surface area contributed by atoms with Crippen LogP contribution in [0.5, 0.6) is 5.75 Å². The van der Waals surface area contributed by atoms with E-state index in [0.717, 1.165) is 0 Å². The van der Waals surface area contributed by atoms with Gasteiger partial charge in [-0.1, -0.05) is 13.8 Å². The standard InChI is InChI=1S/C21H31N3O6S/c1-15(2)21(26)23-8-6-17(7-9-23)22-20(25)16-4-5-18(29-3)19(14-16)31(27,28)24-10-12-30-13-11-24/h4-5,14-15,17H,6-13H2,1-3H3,(H,22,25). The van der Waals surface area contributed by atoms with E-state index in [1.807, 2.05) is 18.7 Å². The van der Waals surface area contributed by atoms with E-state index >= 15 is 0 Å². The van der Waals surface area contributed by atoms with Crippen molar-refractivity contribution >= 4 is 21.8 Å². The van der Waals surface area contributed by atoms with Gasteiger partial charge in [-0.25, -0.2) is 8.42 Å². The lowest BCUT2D eigenvalue weighted by atomic mass is 10.0. The Kier molecular flexibility index (Phi) is 7.55. The van der Waals surface area contributed by atoms with Crippen LogP contribution < -0.4 is 10.1 Å². The van der Waals surface area contributed by atoms with E-state index in [4.69, 9.17) is 9.47 Å². The number of benzene rings is 1. The number of nitrogens with zero attached hydrogens (tertiary/aromatic N) is 2. The number of rotatable bonds is 6. The molecule has 0 saturated carbocycles. The molecule has 0 bridgehead atoms. The van der Waals surface area contributed by atoms with Crippen LogP contribution in [0.2, 0.25) is 0 Å². The van der Waals surface area contributed by atoms with Gasteiger partial charge in [0.25, 0.3) is 5.91 Å². The summed E-state index contributed by atoms with van der Waals surface area (Å²) < 4.78 is 38.1. The number of carbonyl (C=O) groups excluding carboxylic acids is 2. The van der Waals surface area contributed by atoms with Crippen LogP contribution in [0.4, 0.5) is 0 Å². The molecule has 0 spiro atoms. The van der Waals surface area contributed by atoms with Gasteiger partial charge in [-0.05, 0) is 31.0 Å².